The van der Waals surface area contributed by atoms with Crippen LogP contribution in [0.5, 0.6) is 0 Å². The monoisotopic (exact) mass is 308 g/mol. The number of amides is 1. The lowest BCUT2D eigenvalue weighted by Gasteiger charge is -2.06. The van der Waals surface area contributed by atoms with Gasteiger partial charge in [-0.05, 0) is 17.7 Å². The molecule has 20 heavy (non-hydrogen) atoms. The van der Waals surface area contributed by atoms with Gasteiger partial charge in [0.05, 0.1) is 4.90 Å². The molecule has 1 aromatic carbocycles. The van der Waals surface area contributed by atoms with Crippen molar-refractivity contribution in [2.45, 2.75) is 4.90 Å². The average molecular weight is 308 g/mol. The lowest BCUT2D eigenvalue weighted by atomic mass is 10.1. The van der Waals surface area contributed by atoms with Crippen LogP contribution in [0.2, 0.25) is 0 Å². The maximum absolute atomic E-state index is 11.9. The highest BCUT2D eigenvalue weighted by Crippen LogP contribution is 2.19. The zero-order valence-corrected chi connectivity index (χ0v) is 12.3. The number of nitrogens with one attached hydrogen (secondary N) is 1. The Kier molecular flexibility index (Phi) is 4.01. The molecule has 0 unspecified atom stereocenters. The summed E-state index contributed by atoms with van der Waals surface area (Å²) in [5.41, 5.74) is 0.812. The number of rotatable bonds is 4. The van der Waals surface area contributed by atoms with Gasteiger partial charge in [-0.25, -0.2) is 13.4 Å². The van der Waals surface area contributed by atoms with E-state index in [2.05, 4.69) is 16.9 Å². The number of aromatic nitrogens is 1. The lowest BCUT2D eigenvalue weighted by Crippen LogP contribution is -2.12. The number of carbonyl (C=O) groups is 1. The van der Waals surface area contributed by atoms with E-state index in [9.17, 15) is 13.2 Å². The van der Waals surface area contributed by atoms with Crippen LogP contribution in [-0.4, -0.2) is 25.6 Å². The van der Waals surface area contributed by atoms with Gasteiger partial charge in [0.2, 0.25) is 0 Å². The van der Waals surface area contributed by atoms with E-state index < -0.39 is 9.84 Å². The van der Waals surface area contributed by atoms with E-state index in [1.807, 2.05) is 0 Å². The van der Waals surface area contributed by atoms with Gasteiger partial charge in [-0.3, -0.25) is 10.1 Å². The molecule has 0 spiro atoms. The highest BCUT2D eigenvalue weighted by molar-refractivity contribution is 7.90. The molecule has 0 saturated carbocycles. The minimum absolute atomic E-state index is 0.203. The number of sulfone groups is 1. The number of hydrogen-bond acceptors (Lipinski definition) is 5. The van der Waals surface area contributed by atoms with Crippen LogP contribution in [0.1, 0.15) is 5.56 Å². The second kappa shape index (κ2) is 5.56. The van der Waals surface area contributed by atoms with E-state index in [0.717, 1.165) is 6.26 Å². The zero-order valence-electron chi connectivity index (χ0n) is 10.7. The van der Waals surface area contributed by atoms with Crippen LogP contribution in [0.15, 0.2) is 47.3 Å². The first-order valence-electron chi connectivity index (χ1n) is 5.58. The molecule has 1 aromatic heterocycles. The van der Waals surface area contributed by atoms with Gasteiger partial charge in [-0.2, -0.15) is 0 Å². The fourth-order valence-corrected chi connectivity index (χ4v) is 2.65. The van der Waals surface area contributed by atoms with Crippen LogP contribution in [0.4, 0.5) is 5.13 Å². The molecule has 7 heteroatoms. The Morgan fingerprint density at radius 1 is 1.30 bits per heavy atom. The summed E-state index contributed by atoms with van der Waals surface area (Å²) in [6.07, 6.45) is 2.72. The number of nitrogens with zero attached hydrogens (tertiary/aromatic N) is 1. The largest absolute Gasteiger partial charge is 0.298 e. The normalized spacial score (nSPS) is 11.1. The Bertz CT molecular complexity index is 732. The van der Waals surface area contributed by atoms with Crippen molar-refractivity contribution in [3.05, 3.63) is 48.0 Å². The Hall–Kier alpha value is -1.99. The number of carbonyl (C=O) groups excluding carboxylic acids is 1. The fourth-order valence-electron chi connectivity index (χ4n) is 1.49. The minimum Gasteiger partial charge on any atom is -0.298 e. The molecule has 0 aliphatic heterocycles. The van der Waals surface area contributed by atoms with Crippen LogP contribution in [-0.2, 0) is 14.6 Å². The maximum atomic E-state index is 11.9. The van der Waals surface area contributed by atoms with Gasteiger partial charge in [0.25, 0.3) is 5.91 Å². The third-order valence-electron chi connectivity index (χ3n) is 2.56. The Labute approximate surface area is 120 Å². The van der Waals surface area contributed by atoms with E-state index in [1.54, 1.807) is 23.7 Å². The van der Waals surface area contributed by atoms with Crippen molar-refractivity contribution >= 4 is 37.8 Å². The molecule has 0 saturated heterocycles. The lowest BCUT2D eigenvalue weighted by molar-refractivity contribution is -0.111. The quantitative estimate of drug-likeness (QED) is 0.879. The van der Waals surface area contributed by atoms with Gasteiger partial charge in [-0.15, -0.1) is 11.3 Å². The smallest absolute Gasteiger partial charge is 0.257 e. The topological polar surface area (TPSA) is 76.1 Å². The standard InChI is InChI=1S/C13H12N2O3S2/c1-9(12(16)15-13-14-7-8-19-13)10-3-5-11(6-4-10)20(2,17)18/h3-8H,1H2,2H3,(H,14,15,16). The molecule has 2 rings (SSSR count). The predicted molar refractivity (Wildman–Crippen MR) is 79.3 cm³/mol. The van der Waals surface area contributed by atoms with Gasteiger partial charge >= 0.3 is 0 Å². The SMILES string of the molecule is C=C(C(=O)Nc1nccs1)c1ccc(S(C)(=O)=O)cc1. The van der Waals surface area contributed by atoms with E-state index >= 15 is 0 Å². The van der Waals surface area contributed by atoms with Crippen molar-refractivity contribution in [2.75, 3.05) is 11.6 Å². The molecular weight excluding hydrogens is 296 g/mol. The van der Waals surface area contributed by atoms with Crippen LogP contribution < -0.4 is 5.32 Å². The molecule has 0 bridgehead atoms. The van der Waals surface area contributed by atoms with E-state index in [1.165, 1.54) is 23.5 Å². The summed E-state index contributed by atoms with van der Waals surface area (Å²) < 4.78 is 22.7. The molecular formula is C13H12N2O3S2. The van der Waals surface area contributed by atoms with Crippen LogP contribution in [0, 0.1) is 0 Å². The molecule has 0 fully saturated rings. The molecule has 1 amide bonds. The number of hydrogen-bond donors (Lipinski definition) is 1. The van der Waals surface area contributed by atoms with Gasteiger partial charge in [0.1, 0.15) is 0 Å². The summed E-state index contributed by atoms with van der Waals surface area (Å²) in [7, 11) is -3.25. The summed E-state index contributed by atoms with van der Waals surface area (Å²) in [5.74, 6) is -0.368. The zero-order chi connectivity index (χ0) is 14.8. The van der Waals surface area contributed by atoms with Crippen LogP contribution >= 0.6 is 11.3 Å². The summed E-state index contributed by atoms with van der Waals surface area (Å²) in [6, 6.07) is 6.01. The van der Waals surface area contributed by atoms with Gasteiger partial charge in [0.15, 0.2) is 15.0 Å². The second-order valence-corrected chi connectivity index (χ2v) is 6.98. The molecule has 0 atom stereocenters. The number of anilines is 1. The van der Waals surface area contributed by atoms with Crippen molar-refractivity contribution < 1.29 is 13.2 Å². The Morgan fingerprint density at radius 3 is 2.45 bits per heavy atom. The third-order valence-corrected chi connectivity index (χ3v) is 4.37. The van der Waals surface area contributed by atoms with Crippen molar-refractivity contribution in [3.8, 4) is 0 Å². The van der Waals surface area contributed by atoms with Crippen molar-refractivity contribution in [1.29, 1.82) is 0 Å². The van der Waals surface area contributed by atoms with E-state index in [-0.39, 0.29) is 16.4 Å². The molecule has 104 valence electrons. The molecule has 5 nitrogen and oxygen atoms in total. The Morgan fingerprint density at radius 2 is 1.95 bits per heavy atom. The van der Waals surface area contributed by atoms with Gasteiger partial charge in [-0.1, -0.05) is 18.7 Å². The summed E-state index contributed by atoms with van der Waals surface area (Å²) in [4.78, 5) is 16.1. The van der Waals surface area contributed by atoms with Crippen LogP contribution in [0.25, 0.3) is 5.57 Å². The summed E-state index contributed by atoms with van der Waals surface area (Å²) in [6.45, 7) is 3.71. The highest BCUT2D eigenvalue weighted by Gasteiger charge is 2.12. The fraction of sp³-hybridized carbons (Fsp3) is 0.0769. The Balaban J connectivity index is 2.15. The molecule has 0 aliphatic rings. The van der Waals surface area contributed by atoms with E-state index in [4.69, 9.17) is 0 Å². The van der Waals surface area contributed by atoms with Gasteiger partial charge in [0, 0.05) is 23.4 Å². The number of benzene rings is 1. The number of thiazole rings is 1. The van der Waals surface area contributed by atoms with Crippen LogP contribution in [0.3, 0.4) is 0 Å². The molecule has 0 aliphatic carbocycles. The van der Waals surface area contributed by atoms with Crippen molar-refractivity contribution in [1.82, 2.24) is 4.98 Å². The van der Waals surface area contributed by atoms with Crippen molar-refractivity contribution in [3.63, 3.8) is 0 Å². The predicted octanol–water partition coefficient (Wildman–Crippen LogP) is 2.20. The third kappa shape index (κ3) is 3.31. The minimum atomic E-state index is -3.25. The maximum Gasteiger partial charge on any atom is 0.257 e. The molecule has 2 aromatic rings. The second-order valence-electron chi connectivity index (χ2n) is 4.07. The highest BCUT2D eigenvalue weighted by atomic mass is 32.2. The summed E-state index contributed by atoms with van der Waals surface area (Å²) in [5, 5.41) is 4.85. The first-order chi connectivity index (χ1) is 9.38. The molecule has 1 heterocycles. The first-order valence-corrected chi connectivity index (χ1v) is 8.35. The van der Waals surface area contributed by atoms with Gasteiger partial charge < -0.3 is 0 Å². The molecule has 1 N–H and O–H groups in total. The first kappa shape index (κ1) is 14.4. The summed E-state index contributed by atoms with van der Waals surface area (Å²) >= 11 is 1.31. The van der Waals surface area contributed by atoms with Crippen molar-refractivity contribution in [2.24, 2.45) is 0 Å². The molecule has 0 radical (unpaired) electrons. The van der Waals surface area contributed by atoms with E-state index in [0.29, 0.717) is 10.7 Å². The average Bonchev–Trinajstić information content (AvgIpc) is 2.90.